The Morgan fingerprint density at radius 1 is 1.47 bits per heavy atom. The fraction of sp³-hybridized carbons (Fsp3) is 0.200. The number of hydrogen-bond acceptors (Lipinski definition) is 2. The van der Waals surface area contributed by atoms with E-state index in [0.717, 1.165) is 6.07 Å². The molecule has 2 aromatic rings. The number of aryl methyl sites for hydroxylation is 2. The summed E-state index contributed by atoms with van der Waals surface area (Å²) in [5.74, 6) is -1.70. The Bertz CT molecular complexity index is 560. The Kier molecular flexibility index (Phi) is 2.03. The van der Waals surface area contributed by atoms with Crippen molar-refractivity contribution in [3.8, 4) is 0 Å². The van der Waals surface area contributed by atoms with E-state index in [9.17, 15) is 13.6 Å². The summed E-state index contributed by atoms with van der Waals surface area (Å²) in [6.07, 6.45) is 0.177. The lowest BCUT2D eigenvalue weighted by atomic mass is 10.1. The van der Waals surface area contributed by atoms with E-state index in [0.29, 0.717) is 11.2 Å². The maximum absolute atomic E-state index is 13.7. The number of halogens is 2. The molecular weight excluding hydrogens is 202 g/mol. The summed E-state index contributed by atoms with van der Waals surface area (Å²) in [7, 11) is 1.59. The largest absolute Gasteiger partial charge is 0.298 e. The Balaban J connectivity index is 3.00. The van der Waals surface area contributed by atoms with Crippen LogP contribution in [0.15, 0.2) is 6.07 Å². The van der Waals surface area contributed by atoms with E-state index in [1.54, 1.807) is 14.0 Å². The standard InChI is InChI=1S/C10H8F2N2O/c1-5-9-8(14(2)13-5)3-7(11)6(4-15)10(9)12/h3-4H,1-2H3. The van der Waals surface area contributed by atoms with Crippen molar-refractivity contribution in [3.05, 3.63) is 29.0 Å². The third-order valence-corrected chi connectivity index (χ3v) is 2.36. The highest BCUT2D eigenvalue weighted by molar-refractivity contribution is 5.89. The summed E-state index contributed by atoms with van der Waals surface area (Å²) in [4.78, 5) is 10.5. The molecule has 1 heterocycles. The van der Waals surface area contributed by atoms with E-state index in [1.165, 1.54) is 4.68 Å². The Morgan fingerprint density at radius 3 is 2.73 bits per heavy atom. The summed E-state index contributed by atoms with van der Waals surface area (Å²) in [6.45, 7) is 1.61. The molecule has 0 saturated heterocycles. The van der Waals surface area contributed by atoms with Gasteiger partial charge in [-0.2, -0.15) is 5.10 Å². The first-order chi connectivity index (χ1) is 7.06. The molecule has 0 amide bonds. The number of fused-ring (bicyclic) bond motifs is 1. The van der Waals surface area contributed by atoms with E-state index >= 15 is 0 Å². The maximum atomic E-state index is 13.7. The van der Waals surface area contributed by atoms with Gasteiger partial charge in [0, 0.05) is 13.1 Å². The van der Waals surface area contributed by atoms with E-state index in [-0.39, 0.29) is 11.7 Å². The lowest BCUT2D eigenvalue weighted by Crippen LogP contribution is -1.96. The van der Waals surface area contributed by atoms with Crippen molar-refractivity contribution in [2.75, 3.05) is 0 Å². The zero-order chi connectivity index (χ0) is 11.2. The molecule has 2 rings (SSSR count). The Morgan fingerprint density at radius 2 is 2.13 bits per heavy atom. The normalized spacial score (nSPS) is 10.9. The van der Waals surface area contributed by atoms with Gasteiger partial charge in [0.05, 0.1) is 22.2 Å². The van der Waals surface area contributed by atoms with Gasteiger partial charge in [-0.1, -0.05) is 0 Å². The van der Waals surface area contributed by atoms with Gasteiger partial charge < -0.3 is 0 Å². The smallest absolute Gasteiger partial charge is 0.155 e. The topological polar surface area (TPSA) is 34.9 Å². The zero-order valence-corrected chi connectivity index (χ0v) is 8.21. The molecule has 3 nitrogen and oxygen atoms in total. The molecule has 5 heteroatoms. The average Bonchev–Trinajstić information content (AvgIpc) is 2.42. The third kappa shape index (κ3) is 1.23. The summed E-state index contributed by atoms with van der Waals surface area (Å²) in [5, 5.41) is 4.16. The van der Waals surface area contributed by atoms with Crippen molar-refractivity contribution in [2.45, 2.75) is 6.92 Å². The maximum Gasteiger partial charge on any atom is 0.155 e. The second kappa shape index (κ2) is 3.12. The number of benzene rings is 1. The van der Waals surface area contributed by atoms with Crippen LogP contribution in [0, 0.1) is 18.6 Å². The SMILES string of the molecule is Cc1nn(C)c2cc(F)c(C=O)c(F)c12. The van der Waals surface area contributed by atoms with Gasteiger partial charge in [0.2, 0.25) is 0 Å². The van der Waals surface area contributed by atoms with Crippen LogP contribution in [0.3, 0.4) is 0 Å². The van der Waals surface area contributed by atoms with Crippen LogP contribution in [0.5, 0.6) is 0 Å². The molecule has 0 aliphatic heterocycles. The first kappa shape index (κ1) is 9.76. The fourth-order valence-corrected chi connectivity index (χ4v) is 1.66. The van der Waals surface area contributed by atoms with Crippen LogP contribution in [0.1, 0.15) is 16.1 Å². The minimum atomic E-state index is -0.863. The summed E-state index contributed by atoms with van der Waals surface area (Å²) >= 11 is 0. The predicted molar refractivity (Wildman–Crippen MR) is 50.8 cm³/mol. The molecule has 0 aliphatic rings. The Labute approximate surface area is 84.3 Å². The zero-order valence-electron chi connectivity index (χ0n) is 8.21. The molecule has 1 aromatic carbocycles. The summed E-state index contributed by atoms with van der Waals surface area (Å²) in [5.41, 5.74) is 0.236. The monoisotopic (exact) mass is 210 g/mol. The predicted octanol–water partition coefficient (Wildman–Crippen LogP) is 1.97. The number of aromatic nitrogens is 2. The highest BCUT2D eigenvalue weighted by Crippen LogP contribution is 2.25. The van der Waals surface area contributed by atoms with E-state index in [1.807, 2.05) is 0 Å². The van der Waals surface area contributed by atoms with Gasteiger partial charge in [-0.05, 0) is 6.92 Å². The first-order valence-corrected chi connectivity index (χ1v) is 4.32. The minimum Gasteiger partial charge on any atom is -0.298 e. The fourth-order valence-electron chi connectivity index (χ4n) is 1.66. The van der Waals surface area contributed by atoms with Crippen molar-refractivity contribution in [2.24, 2.45) is 7.05 Å². The second-order valence-electron chi connectivity index (χ2n) is 3.31. The summed E-state index contributed by atoms with van der Waals surface area (Å²) in [6, 6.07) is 1.11. The van der Waals surface area contributed by atoms with E-state index in [4.69, 9.17) is 0 Å². The Hall–Kier alpha value is -1.78. The number of nitrogens with zero attached hydrogens (tertiary/aromatic N) is 2. The molecule has 78 valence electrons. The molecule has 0 N–H and O–H groups in total. The molecule has 0 radical (unpaired) electrons. The van der Waals surface area contributed by atoms with Gasteiger partial charge in [-0.25, -0.2) is 8.78 Å². The van der Waals surface area contributed by atoms with Gasteiger partial charge in [0.1, 0.15) is 11.6 Å². The van der Waals surface area contributed by atoms with Crippen molar-refractivity contribution in [1.82, 2.24) is 9.78 Å². The van der Waals surface area contributed by atoms with Crippen LogP contribution in [0.4, 0.5) is 8.78 Å². The third-order valence-electron chi connectivity index (χ3n) is 2.36. The lowest BCUT2D eigenvalue weighted by molar-refractivity contribution is 0.111. The van der Waals surface area contributed by atoms with Gasteiger partial charge >= 0.3 is 0 Å². The van der Waals surface area contributed by atoms with Crippen LogP contribution in [-0.4, -0.2) is 16.1 Å². The van der Waals surface area contributed by atoms with Crippen molar-refractivity contribution in [3.63, 3.8) is 0 Å². The molecule has 1 aromatic heterocycles. The van der Waals surface area contributed by atoms with Crippen molar-refractivity contribution < 1.29 is 13.6 Å². The van der Waals surface area contributed by atoms with Crippen LogP contribution < -0.4 is 0 Å². The van der Waals surface area contributed by atoms with Crippen molar-refractivity contribution >= 4 is 17.2 Å². The van der Waals surface area contributed by atoms with Crippen LogP contribution in [0.25, 0.3) is 10.9 Å². The number of hydrogen-bond donors (Lipinski definition) is 0. The highest BCUT2D eigenvalue weighted by Gasteiger charge is 2.17. The molecule has 0 spiro atoms. The number of carbonyl (C=O) groups excluding carboxylic acids is 1. The molecule has 0 aliphatic carbocycles. The van der Waals surface area contributed by atoms with Gasteiger partial charge in [-0.15, -0.1) is 0 Å². The lowest BCUT2D eigenvalue weighted by Gasteiger charge is -2.00. The number of rotatable bonds is 1. The van der Waals surface area contributed by atoms with Crippen LogP contribution in [0.2, 0.25) is 0 Å². The molecule has 15 heavy (non-hydrogen) atoms. The van der Waals surface area contributed by atoms with Crippen molar-refractivity contribution in [1.29, 1.82) is 0 Å². The van der Waals surface area contributed by atoms with Gasteiger partial charge in [-0.3, -0.25) is 9.48 Å². The second-order valence-corrected chi connectivity index (χ2v) is 3.31. The van der Waals surface area contributed by atoms with Crippen LogP contribution >= 0.6 is 0 Å². The van der Waals surface area contributed by atoms with E-state index < -0.39 is 17.2 Å². The first-order valence-electron chi connectivity index (χ1n) is 4.32. The highest BCUT2D eigenvalue weighted by atomic mass is 19.1. The quantitative estimate of drug-likeness (QED) is 0.674. The number of aldehydes is 1. The van der Waals surface area contributed by atoms with E-state index in [2.05, 4.69) is 5.10 Å². The molecule has 0 fully saturated rings. The molecule has 0 saturated carbocycles. The van der Waals surface area contributed by atoms with Gasteiger partial charge in [0.15, 0.2) is 6.29 Å². The van der Waals surface area contributed by atoms with Gasteiger partial charge in [0.25, 0.3) is 0 Å². The molecular formula is C10H8F2N2O. The minimum absolute atomic E-state index is 0.177. The van der Waals surface area contributed by atoms with Crippen LogP contribution in [-0.2, 0) is 7.05 Å². The average molecular weight is 210 g/mol. The molecule has 0 unspecified atom stereocenters. The molecule has 0 atom stereocenters. The number of carbonyl (C=O) groups is 1. The summed E-state index contributed by atoms with van der Waals surface area (Å²) < 4.78 is 28.3. The molecule has 0 bridgehead atoms.